The van der Waals surface area contributed by atoms with Gasteiger partial charge in [-0.3, -0.25) is 0 Å². The summed E-state index contributed by atoms with van der Waals surface area (Å²) in [5, 5.41) is 4.27. The molecule has 4 nitrogen and oxygen atoms in total. The molecule has 0 aliphatic carbocycles. The Labute approximate surface area is 145 Å². The summed E-state index contributed by atoms with van der Waals surface area (Å²) in [7, 11) is 1.68. The number of thioether (sulfide) groups is 1. The molecule has 0 aliphatic heterocycles. The number of rotatable bonds is 4. The molecule has 0 radical (unpaired) electrons. The quantitative estimate of drug-likeness (QED) is 0.496. The van der Waals surface area contributed by atoms with Gasteiger partial charge in [-0.1, -0.05) is 23.1 Å². The fourth-order valence-corrected chi connectivity index (χ4v) is 4.72. The predicted molar refractivity (Wildman–Crippen MR) is 101 cm³/mol. The van der Waals surface area contributed by atoms with E-state index in [-0.39, 0.29) is 0 Å². The predicted octanol–water partition coefficient (Wildman–Crippen LogP) is 5.38. The molecule has 4 aromatic rings. The highest BCUT2D eigenvalue weighted by Gasteiger charge is 2.07. The second kappa shape index (κ2) is 5.99. The van der Waals surface area contributed by atoms with Crippen molar-refractivity contribution in [1.29, 1.82) is 0 Å². The van der Waals surface area contributed by atoms with E-state index >= 15 is 0 Å². The van der Waals surface area contributed by atoms with Gasteiger partial charge in [-0.2, -0.15) is 0 Å². The lowest BCUT2D eigenvalue weighted by Crippen LogP contribution is -1.88. The van der Waals surface area contributed by atoms with Gasteiger partial charge >= 0.3 is 0 Å². The van der Waals surface area contributed by atoms with Crippen molar-refractivity contribution < 1.29 is 4.74 Å². The van der Waals surface area contributed by atoms with Crippen molar-refractivity contribution in [2.45, 2.75) is 4.34 Å². The van der Waals surface area contributed by atoms with Crippen LogP contribution < -0.4 is 10.1 Å². The number of ether oxygens (including phenoxy) is 1. The largest absolute Gasteiger partial charge is 0.497 e. The van der Waals surface area contributed by atoms with Crippen LogP contribution in [0, 0.1) is 0 Å². The molecule has 1 N–H and O–H groups in total. The Morgan fingerprint density at radius 2 is 1.78 bits per heavy atom. The Morgan fingerprint density at radius 3 is 2.61 bits per heavy atom. The minimum Gasteiger partial charge on any atom is -0.497 e. The van der Waals surface area contributed by atoms with Crippen molar-refractivity contribution in [1.82, 2.24) is 9.97 Å². The van der Waals surface area contributed by atoms with Gasteiger partial charge in [0.15, 0.2) is 9.47 Å². The van der Waals surface area contributed by atoms with Crippen molar-refractivity contribution in [3.8, 4) is 5.75 Å². The standard InChI is InChI=1S/C16H13N3OS3/c1-20-10-4-6-11-14(8-10)22-15(18-11)17-9-3-5-12-13(7-9)23-16(19-12)21-2/h3-8H,1-2H3,(H,17,18). The normalized spacial score (nSPS) is 11.2. The maximum Gasteiger partial charge on any atom is 0.188 e. The van der Waals surface area contributed by atoms with Crippen LogP contribution in [0.5, 0.6) is 5.75 Å². The van der Waals surface area contributed by atoms with Crippen LogP contribution in [0.2, 0.25) is 0 Å². The van der Waals surface area contributed by atoms with Crippen molar-refractivity contribution in [3.63, 3.8) is 0 Å². The zero-order valence-corrected chi connectivity index (χ0v) is 14.9. The number of nitrogens with one attached hydrogen (secondary N) is 1. The van der Waals surface area contributed by atoms with E-state index in [0.717, 1.165) is 36.6 Å². The van der Waals surface area contributed by atoms with Crippen molar-refractivity contribution in [2.75, 3.05) is 18.7 Å². The number of anilines is 2. The zero-order chi connectivity index (χ0) is 15.8. The third-order valence-electron chi connectivity index (χ3n) is 3.39. The number of aromatic nitrogens is 2. The second-order valence-electron chi connectivity index (χ2n) is 4.84. The van der Waals surface area contributed by atoms with E-state index in [2.05, 4.69) is 21.4 Å². The summed E-state index contributed by atoms with van der Waals surface area (Å²) in [4.78, 5) is 9.18. The molecule has 0 fully saturated rings. The van der Waals surface area contributed by atoms with Crippen molar-refractivity contribution in [2.24, 2.45) is 0 Å². The molecule has 0 unspecified atom stereocenters. The van der Waals surface area contributed by atoms with E-state index in [1.807, 2.05) is 36.6 Å². The lowest BCUT2D eigenvalue weighted by molar-refractivity contribution is 0.415. The molecular weight excluding hydrogens is 346 g/mol. The third kappa shape index (κ3) is 2.87. The molecular formula is C16H13N3OS3. The van der Waals surface area contributed by atoms with Gasteiger partial charge in [0.2, 0.25) is 0 Å². The summed E-state index contributed by atoms with van der Waals surface area (Å²) >= 11 is 5.00. The fraction of sp³-hybridized carbons (Fsp3) is 0.125. The average molecular weight is 360 g/mol. The highest BCUT2D eigenvalue weighted by atomic mass is 32.2. The first-order chi connectivity index (χ1) is 11.2. The Balaban J connectivity index is 1.66. The second-order valence-corrected chi connectivity index (χ2v) is 7.96. The Morgan fingerprint density at radius 1 is 1.00 bits per heavy atom. The highest BCUT2D eigenvalue weighted by Crippen LogP contribution is 2.33. The van der Waals surface area contributed by atoms with E-state index in [9.17, 15) is 0 Å². The molecule has 23 heavy (non-hydrogen) atoms. The third-order valence-corrected chi connectivity index (χ3v) is 6.33. The zero-order valence-electron chi connectivity index (χ0n) is 12.5. The summed E-state index contributed by atoms with van der Waals surface area (Å²) in [5.41, 5.74) is 3.04. The van der Waals surface area contributed by atoms with Gasteiger partial charge in [0.05, 0.1) is 27.5 Å². The van der Waals surface area contributed by atoms with Gasteiger partial charge in [0, 0.05) is 5.69 Å². The van der Waals surface area contributed by atoms with Gasteiger partial charge in [0.25, 0.3) is 0 Å². The molecule has 2 aromatic carbocycles. The van der Waals surface area contributed by atoms with E-state index in [4.69, 9.17) is 4.74 Å². The summed E-state index contributed by atoms with van der Waals surface area (Å²) in [6.07, 6.45) is 2.05. The van der Waals surface area contributed by atoms with Gasteiger partial charge in [0.1, 0.15) is 5.75 Å². The Hall–Kier alpha value is -1.83. The Bertz CT molecular complexity index is 991. The Kier molecular flexibility index (Phi) is 3.84. The molecule has 0 amide bonds. The lowest BCUT2D eigenvalue weighted by Gasteiger charge is -2.01. The topological polar surface area (TPSA) is 47.0 Å². The molecule has 0 spiro atoms. The number of hydrogen-bond acceptors (Lipinski definition) is 7. The fourth-order valence-electron chi connectivity index (χ4n) is 2.28. The summed E-state index contributed by atoms with van der Waals surface area (Å²) in [6.45, 7) is 0. The van der Waals surface area contributed by atoms with E-state index < -0.39 is 0 Å². The van der Waals surface area contributed by atoms with Crippen LogP contribution in [0.3, 0.4) is 0 Å². The number of methoxy groups -OCH3 is 1. The average Bonchev–Trinajstić information content (AvgIpc) is 3.16. The van der Waals surface area contributed by atoms with Crippen LogP contribution in [0.4, 0.5) is 10.8 Å². The number of thiazole rings is 2. The van der Waals surface area contributed by atoms with Crippen LogP contribution in [0.15, 0.2) is 40.7 Å². The molecule has 0 saturated carbocycles. The molecule has 2 aromatic heterocycles. The number of nitrogens with zero attached hydrogens (tertiary/aromatic N) is 2. The minimum absolute atomic E-state index is 0.850. The molecule has 2 heterocycles. The highest BCUT2D eigenvalue weighted by molar-refractivity contribution is 8.00. The lowest BCUT2D eigenvalue weighted by atomic mass is 10.3. The SMILES string of the molecule is COc1ccc2nc(Nc3ccc4nc(SC)sc4c3)sc2c1. The minimum atomic E-state index is 0.850. The molecule has 7 heteroatoms. The maximum absolute atomic E-state index is 5.26. The van der Waals surface area contributed by atoms with Gasteiger partial charge in [-0.05, 0) is 42.7 Å². The van der Waals surface area contributed by atoms with Crippen LogP contribution in [-0.4, -0.2) is 23.3 Å². The van der Waals surface area contributed by atoms with Crippen LogP contribution in [0.25, 0.3) is 20.4 Å². The smallest absolute Gasteiger partial charge is 0.188 e. The van der Waals surface area contributed by atoms with Crippen LogP contribution in [-0.2, 0) is 0 Å². The van der Waals surface area contributed by atoms with Gasteiger partial charge in [-0.15, -0.1) is 11.3 Å². The summed E-state index contributed by atoms with van der Waals surface area (Å²) in [6, 6.07) is 12.1. The molecule has 4 rings (SSSR count). The first-order valence-corrected chi connectivity index (χ1v) is 9.77. The number of hydrogen-bond donors (Lipinski definition) is 1. The first kappa shape index (κ1) is 14.7. The van der Waals surface area contributed by atoms with Crippen molar-refractivity contribution >= 4 is 65.7 Å². The van der Waals surface area contributed by atoms with E-state index in [1.165, 1.54) is 4.70 Å². The van der Waals surface area contributed by atoms with Crippen LogP contribution >= 0.6 is 34.4 Å². The number of fused-ring (bicyclic) bond motifs is 2. The molecule has 0 aliphatic rings. The first-order valence-electron chi connectivity index (χ1n) is 6.91. The molecule has 0 bridgehead atoms. The maximum atomic E-state index is 5.26. The molecule has 116 valence electrons. The summed E-state index contributed by atoms with van der Waals surface area (Å²) < 4.78 is 8.64. The van der Waals surface area contributed by atoms with Gasteiger partial charge in [-0.25, -0.2) is 9.97 Å². The van der Waals surface area contributed by atoms with E-state index in [1.54, 1.807) is 41.5 Å². The number of benzene rings is 2. The van der Waals surface area contributed by atoms with Crippen LogP contribution in [0.1, 0.15) is 0 Å². The van der Waals surface area contributed by atoms with Crippen molar-refractivity contribution in [3.05, 3.63) is 36.4 Å². The van der Waals surface area contributed by atoms with E-state index in [0.29, 0.717) is 0 Å². The molecule has 0 atom stereocenters. The summed E-state index contributed by atoms with van der Waals surface area (Å²) in [5.74, 6) is 0.850. The monoisotopic (exact) mass is 359 g/mol. The van der Waals surface area contributed by atoms with Gasteiger partial charge < -0.3 is 10.1 Å². The molecule has 0 saturated heterocycles.